The number of rotatable bonds is 1. The molecule has 0 N–H and O–H groups in total. The van der Waals surface area contributed by atoms with Gasteiger partial charge in [0.2, 0.25) is 0 Å². The van der Waals surface area contributed by atoms with Gasteiger partial charge in [-0.05, 0) is 0 Å². The van der Waals surface area contributed by atoms with Crippen LogP contribution < -0.4 is 0 Å². The fourth-order valence-corrected chi connectivity index (χ4v) is 3.63. The Bertz CT molecular complexity index is 203. The summed E-state index contributed by atoms with van der Waals surface area (Å²) in [6, 6.07) is 0. The van der Waals surface area contributed by atoms with Crippen LogP contribution in [0.3, 0.4) is 0 Å². The van der Waals surface area contributed by atoms with Crippen molar-refractivity contribution < 1.29 is 0 Å². The van der Waals surface area contributed by atoms with E-state index >= 15 is 0 Å². The molecule has 0 atom stereocenters. The topological polar surface area (TPSA) is 0 Å². The number of hydrogen-bond donors (Lipinski definition) is 0. The molecule has 2 heteroatoms. The van der Waals surface area contributed by atoms with Gasteiger partial charge < -0.3 is 0 Å². The first-order valence-electron chi connectivity index (χ1n) is 3.94. The first-order valence-corrected chi connectivity index (χ1v) is 7.56. The van der Waals surface area contributed by atoms with Crippen molar-refractivity contribution in [1.82, 2.24) is 0 Å². The van der Waals surface area contributed by atoms with Gasteiger partial charge in [-0.25, -0.2) is 0 Å². The minimum absolute atomic E-state index is 1.30. The molecule has 1 aromatic rings. The average molecular weight is 362 g/mol. The summed E-state index contributed by atoms with van der Waals surface area (Å²) in [5.74, 6) is 0. The van der Waals surface area contributed by atoms with Crippen LogP contribution in [0, 0.1) is 13.8 Å². The molecule has 0 fully saturated rings. The van der Waals surface area contributed by atoms with E-state index in [1.165, 1.54) is 40.2 Å². The summed E-state index contributed by atoms with van der Waals surface area (Å²) >= 11 is 3.17. The van der Waals surface area contributed by atoms with E-state index in [1.807, 2.05) is 25.2 Å². The van der Waals surface area contributed by atoms with Crippen LogP contribution in [0.1, 0.15) is 29.9 Å². The predicted octanol–water partition coefficient (Wildman–Crippen LogP) is 3.06. The van der Waals surface area contributed by atoms with Gasteiger partial charge in [0.1, 0.15) is 0 Å². The second-order valence-corrected chi connectivity index (χ2v) is 4.58. The summed E-state index contributed by atoms with van der Waals surface area (Å²) in [4.78, 5) is 1.49. The van der Waals surface area contributed by atoms with Gasteiger partial charge in [-0.1, -0.05) is 13.8 Å². The van der Waals surface area contributed by atoms with Gasteiger partial charge in [0, 0.05) is 0 Å². The molecule has 0 aliphatic heterocycles. The van der Waals surface area contributed by atoms with Crippen molar-refractivity contribution in [2.24, 2.45) is 0 Å². The third-order valence-corrected chi connectivity index (χ3v) is 4.12. The van der Waals surface area contributed by atoms with E-state index in [2.05, 4.69) is 19.2 Å². The van der Waals surface area contributed by atoms with E-state index in [0.29, 0.717) is 0 Å². The van der Waals surface area contributed by atoms with Gasteiger partial charge in [0.05, 0.1) is 0 Å². The molecule has 0 aliphatic carbocycles. The normalized spacial score (nSPS) is 8.82. The third-order valence-electron chi connectivity index (χ3n) is 1.58. The molecule has 1 rings (SSSR count). The van der Waals surface area contributed by atoms with Crippen molar-refractivity contribution in [3.05, 3.63) is 21.4 Å². The molecule has 0 nitrogen and oxygen atoms in total. The van der Waals surface area contributed by atoms with Crippen molar-refractivity contribution in [3.63, 3.8) is 0 Å². The summed E-state index contributed by atoms with van der Waals surface area (Å²) in [6.07, 6.45) is 0. The molecular weight excluding hydrogens is 347 g/mol. The fourth-order valence-electron chi connectivity index (χ4n) is 0.737. The zero-order valence-corrected chi connectivity index (χ0v) is 12.4. The SMILES string of the molecule is CC.Cc1scc([CH2][Pb])c1C. The second kappa shape index (κ2) is 6.17. The first kappa shape index (κ1) is 11.6. The van der Waals surface area contributed by atoms with Gasteiger partial charge in [-0.2, -0.15) is 0 Å². The Morgan fingerprint density at radius 3 is 2.09 bits per heavy atom. The molecule has 0 spiro atoms. The molecule has 3 radical (unpaired) electrons. The zero-order valence-electron chi connectivity index (χ0n) is 7.69. The zero-order chi connectivity index (χ0) is 8.85. The van der Waals surface area contributed by atoms with Crippen LogP contribution >= 0.6 is 11.3 Å². The number of hydrogen-bond acceptors (Lipinski definition) is 1. The average Bonchev–Trinajstić information content (AvgIpc) is 2.37. The molecular formula is C9H15PbS. The first-order chi connectivity index (χ1) is 5.25. The number of aryl methyl sites for hydroxylation is 1. The van der Waals surface area contributed by atoms with Crippen molar-refractivity contribution in [2.75, 3.05) is 0 Å². The minimum atomic E-state index is 1.30. The van der Waals surface area contributed by atoms with Crippen LogP contribution in [-0.4, -0.2) is 25.8 Å². The summed E-state index contributed by atoms with van der Waals surface area (Å²) in [6.45, 7) is 8.42. The summed E-state index contributed by atoms with van der Waals surface area (Å²) in [5, 5.41) is 2.29. The molecule has 0 unspecified atom stereocenters. The molecule has 0 aromatic carbocycles. The molecule has 0 bridgehead atoms. The van der Waals surface area contributed by atoms with E-state index in [9.17, 15) is 0 Å². The second-order valence-electron chi connectivity index (χ2n) is 2.12. The van der Waals surface area contributed by atoms with Crippen LogP contribution in [0.5, 0.6) is 0 Å². The van der Waals surface area contributed by atoms with Gasteiger partial charge >= 0.3 is 76.3 Å². The van der Waals surface area contributed by atoms with Crippen LogP contribution in [-0.2, 0) is 3.98 Å². The Balaban J connectivity index is 0.000000461. The van der Waals surface area contributed by atoms with E-state index in [0.717, 1.165) is 0 Å². The van der Waals surface area contributed by atoms with Crippen molar-refractivity contribution in [3.8, 4) is 0 Å². The van der Waals surface area contributed by atoms with Crippen LogP contribution in [0.15, 0.2) is 5.38 Å². The molecule has 0 aliphatic rings. The Morgan fingerprint density at radius 2 is 1.91 bits per heavy atom. The predicted molar refractivity (Wildman–Crippen MR) is 54.6 cm³/mol. The Kier molecular flexibility index (Phi) is 6.52. The maximum absolute atomic E-state index is 2.29. The van der Waals surface area contributed by atoms with E-state index < -0.39 is 0 Å². The molecule has 61 valence electrons. The van der Waals surface area contributed by atoms with Crippen LogP contribution in [0.25, 0.3) is 0 Å². The molecule has 0 saturated carbocycles. The summed E-state index contributed by atoms with van der Waals surface area (Å²) in [5.41, 5.74) is 3.10. The van der Waals surface area contributed by atoms with Gasteiger partial charge in [-0.3, -0.25) is 0 Å². The quantitative estimate of drug-likeness (QED) is 0.674. The van der Waals surface area contributed by atoms with E-state index in [4.69, 9.17) is 0 Å². The Labute approximate surface area is 89.7 Å². The summed E-state index contributed by atoms with van der Waals surface area (Å²) < 4.78 is 1.32. The Morgan fingerprint density at radius 1 is 1.36 bits per heavy atom. The molecule has 1 heterocycles. The van der Waals surface area contributed by atoms with Crippen LogP contribution in [0.2, 0.25) is 0 Å². The molecule has 0 amide bonds. The molecule has 0 saturated heterocycles. The van der Waals surface area contributed by atoms with E-state index in [1.54, 1.807) is 5.56 Å². The maximum atomic E-state index is 2.29. The van der Waals surface area contributed by atoms with Crippen molar-refractivity contribution in [2.45, 2.75) is 31.7 Å². The summed E-state index contributed by atoms with van der Waals surface area (Å²) in [7, 11) is 0. The monoisotopic (exact) mass is 363 g/mol. The van der Waals surface area contributed by atoms with Gasteiger partial charge in [0.25, 0.3) is 0 Å². The standard InChI is InChI=1S/C7H9S.C2H6.Pb/c1-5-4-8-7(3)6(5)2;1-2;/h4H,1H2,2-3H3;1-2H3;. The fraction of sp³-hybridized carbons (Fsp3) is 0.556. The van der Waals surface area contributed by atoms with Gasteiger partial charge in [-0.15, -0.1) is 0 Å². The van der Waals surface area contributed by atoms with Crippen LogP contribution in [0.4, 0.5) is 0 Å². The van der Waals surface area contributed by atoms with Crippen molar-refractivity contribution >= 4 is 37.1 Å². The third kappa shape index (κ3) is 3.24. The van der Waals surface area contributed by atoms with Gasteiger partial charge in [0.15, 0.2) is 0 Å². The molecule has 1 aromatic heterocycles. The number of thiophene rings is 1. The molecule has 11 heavy (non-hydrogen) atoms. The van der Waals surface area contributed by atoms with E-state index in [-0.39, 0.29) is 0 Å². The van der Waals surface area contributed by atoms with Crippen molar-refractivity contribution in [1.29, 1.82) is 0 Å². The Hall–Kier alpha value is 0.622.